The van der Waals surface area contributed by atoms with Gasteiger partial charge in [-0.05, 0) is 27.8 Å². The van der Waals surface area contributed by atoms with Gasteiger partial charge in [-0.3, -0.25) is 9.69 Å². The Hall–Kier alpha value is -0.570. The van der Waals surface area contributed by atoms with Crippen molar-refractivity contribution in [2.24, 2.45) is 0 Å². The number of likely N-dealkylation sites (N-methyl/N-ethyl adjacent to an activating group) is 2. The molecule has 1 heterocycles. The molecule has 1 fully saturated rings. The van der Waals surface area contributed by atoms with Crippen LogP contribution in [0.4, 0.5) is 0 Å². The standard InChI is InChI=1S/C9H18N2O/c1-9(2,3)11(5)8(12)7-6-10(7)4/h7H,6H2,1-5H3. The molecule has 0 radical (unpaired) electrons. The van der Waals surface area contributed by atoms with Crippen LogP contribution in [-0.2, 0) is 4.79 Å². The maximum absolute atomic E-state index is 11.6. The van der Waals surface area contributed by atoms with Gasteiger partial charge in [-0.1, -0.05) is 0 Å². The molecule has 0 aromatic rings. The van der Waals surface area contributed by atoms with Gasteiger partial charge in [0.15, 0.2) is 0 Å². The van der Waals surface area contributed by atoms with Crippen LogP contribution in [0.25, 0.3) is 0 Å². The summed E-state index contributed by atoms with van der Waals surface area (Å²) in [5, 5.41) is 0. The van der Waals surface area contributed by atoms with Gasteiger partial charge in [0, 0.05) is 19.1 Å². The van der Waals surface area contributed by atoms with Crippen LogP contribution >= 0.6 is 0 Å². The zero-order valence-corrected chi connectivity index (χ0v) is 8.59. The summed E-state index contributed by atoms with van der Waals surface area (Å²) in [5.41, 5.74) is -0.0550. The van der Waals surface area contributed by atoms with Crippen molar-refractivity contribution in [3.05, 3.63) is 0 Å². The van der Waals surface area contributed by atoms with Crippen molar-refractivity contribution in [3.63, 3.8) is 0 Å². The molecule has 0 aromatic heterocycles. The van der Waals surface area contributed by atoms with Gasteiger partial charge in [-0.25, -0.2) is 0 Å². The third-order valence-electron chi connectivity index (χ3n) is 2.48. The third kappa shape index (κ3) is 1.78. The SMILES string of the molecule is CN1CC1C(=O)N(C)C(C)(C)C. The molecule has 2 atom stereocenters. The first-order valence-electron chi connectivity index (χ1n) is 4.32. The number of hydrogen-bond acceptors (Lipinski definition) is 2. The number of carbonyl (C=O) groups excluding carboxylic acids is 1. The summed E-state index contributed by atoms with van der Waals surface area (Å²) in [4.78, 5) is 15.5. The van der Waals surface area contributed by atoms with E-state index in [4.69, 9.17) is 0 Å². The van der Waals surface area contributed by atoms with E-state index in [0.717, 1.165) is 6.54 Å². The van der Waals surface area contributed by atoms with Crippen molar-refractivity contribution in [1.82, 2.24) is 9.80 Å². The highest BCUT2D eigenvalue weighted by molar-refractivity contribution is 5.85. The number of amides is 1. The van der Waals surface area contributed by atoms with Crippen molar-refractivity contribution in [2.75, 3.05) is 20.6 Å². The Balaban J connectivity index is 2.53. The van der Waals surface area contributed by atoms with E-state index >= 15 is 0 Å². The predicted octanol–water partition coefficient (Wildman–Crippen LogP) is 0.557. The quantitative estimate of drug-likeness (QED) is 0.537. The molecule has 1 aliphatic heterocycles. The molecule has 70 valence electrons. The van der Waals surface area contributed by atoms with Gasteiger partial charge in [0.05, 0.1) is 0 Å². The maximum atomic E-state index is 11.6. The fourth-order valence-corrected chi connectivity index (χ4v) is 1.05. The van der Waals surface area contributed by atoms with Crippen LogP contribution in [0.15, 0.2) is 0 Å². The predicted molar refractivity (Wildman–Crippen MR) is 48.9 cm³/mol. The topological polar surface area (TPSA) is 23.3 Å². The monoisotopic (exact) mass is 170 g/mol. The molecule has 2 unspecified atom stereocenters. The Kier molecular flexibility index (Phi) is 2.17. The zero-order chi connectivity index (χ0) is 9.52. The number of carbonyl (C=O) groups is 1. The highest BCUT2D eigenvalue weighted by Gasteiger charge is 2.40. The second-order valence-corrected chi connectivity index (χ2v) is 4.52. The Labute approximate surface area is 74.3 Å². The molecule has 0 aliphatic carbocycles. The first-order valence-corrected chi connectivity index (χ1v) is 4.32. The Morgan fingerprint density at radius 1 is 1.50 bits per heavy atom. The molecule has 0 aromatic carbocycles. The summed E-state index contributed by atoms with van der Waals surface area (Å²) in [6.45, 7) is 7.06. The summed E-state index contributed by atoms with van der Waals surface area (Å²) in [7, 11) is 3.84. The van der Waals surface area contributed by atoms with Gasteiger partial charge in [-0.15, -0.1) is 0 Å². The third-order valence-corrected chi connectivity index (χ3v) is 2.48. The van der Waals surface area contributed by atoms with Crippen molar-refractivity contribution >= 4 is 5.91 Å². The summed E-state index contributed by atoms with van der Waals surface area (Å²) < 4.78 is 0. The molecule has 0 N–H and O–H groups in total. The first kappa shape index (κ1) is 9.52. The van der Waals surface area contributed by atoms with Crippen molar-refractivity contribution < 1.29 is 4.79 Å². The van der Waals surface area contributed by atoms with E-state index in [-0.39, 0.29) is 17.5 Å². The van der Waals surface area contributed by atoms with Gasteiger partial charge in [-0.2, -0.15) is 0 Å². The second-order valence-electron chi connectivity index (χ2n) is 4.52. The van der Waals surface area contributed by atoms with E-state index < -0.39 is 0 Å². The van der Waals surface area contributed by atoms with E-state index in [2.05, 4.69) is 0 Å². The lowest BCUT2D eigenvalue weighted by Gasteiger charge is -2.32. The van der Waals surface area contributed by atoms with Crippen LogP contribution in [0.2, 0.25) is 0 Å². The Morgan fingerprint density at radius 3 is 2.17 bits per heavy atom. The van der Waals surface area contributed by atoms with Crippen molar-refractivity contribution in [1.29, 1.82) is 0 Å². The van der Waals surface area contributed by atoms with Gasteiger partial charge in [0.1, 0.15) is 6.04 Å². The Bertz CT molecular complexity index is 195. The van der Waals surface area contributed by atoms with Crippen LogP contribution in [0.5, 0.6) is 0 Å². The average Bonchev–Trinajstić information content (AvgIpc) is 2.62. The zero-order valence-electron chi connectivity index (χ0n) is 8.59. The number of nitrogens with zero attached hydrogens (tertiary/aromatic N) is 2. The molecule has 0 bridgehead atoms. The summed E-state index contributed by atoms with van der Waals surface area (Å²) in [6, 6.07) is 0.147. The highest BCUT2D eigenvalue weighted by Crippen LogP contribution is 2.20. The number of hydrogen-bond donors (Lipinski definition) is 0. The molecule has 0 saturated carbocycles. The van der Waals surface area contributed by atoms with Crippen LogP contribution in [0.3, 0.4) is 0 Å². The maximum Gasteiger partial charge on any atom is 0.241 e. The minimum Gasteiger partial charge on any atom is -0.340 e. The molecule has 1 rings (SSSR count). The lowest BCUT2D eigenvalue weighted by atomic mass is 10.1. The molecule has 1 saturated heterocycles. The lowest BCUT2D eigenvalue weighted by molar-refractivity contribution is -0.134. The summed E-state index contributed by atoms with van der Waals surface area (Å²) in [5.74, 6) is 0.241. The minimum absolute atomic E-state index is 0.0550. The van der Waals surface area contributed by atoms with Gasteiger partial charge in [0.2, 0.25) is 5.91 Å². The van der Waals surface area contributed by atoms with E-state index in [0.29, 0.717) is 0 Å². The van der Waals surface area contributed by atoms with E-state index in [1.807, 2.05) is 44.7 Å². The number of rotatable bonds is 1. The molecule has 0 spiro atoms. The van der Waals surface area contributed by atoms with Crippen molar-refractivity contribution in [2.45, 2.75) is 32.4 Å². The molecule has 1 aliphatic rings. The Morgan fingerprint density at radius 2 is 1.92 bits per heavy atom. The summed E-state index contributed by atoms with van der Waals surface area (Å²) in [6.07, 6.45) is 0. The molecular formula is C9H18N2O. The highest BCUT2D eigenvalue weighted by atomic mass is 16.2. The normalized spacial score (nSPS) is 28.4. The fourth-order valence-electron chi connectivity index (χ4n) is 1.05. The molecule has 3 nitrogen and oxygen atoms in total. The van der Waals surface area contributed by atoms with E-state index in [1.165, 1.54) is 0 Å². The van der Waals surface area contributed by atoms with Crippen molar-refractivity contribution in [3.8, 4) is 0 Å². The van der Waals surface area contributed by atoms with Gasteiger partial charge < -0.3 is 4.90 Å². The van der Waals surface area contributed by atoms with E-state index in [1.54, 1.807) is 0 Å². The fraction of sp³-hybridized carbons (Fsp3) is 0.889. The second kappa shape index (κ2) is 2.73. The van der Waals surface area contributed by atoms with Crippen LogP contribution in [-0.4, -0.2) is 47.9 Å². The lowest BCUT2D eigenvalue weighted by Crippen LogP contribution is -2.45. The minimum atomic E-state index is -0.0550. The van der Waals surface area contributed by atoms with Crippen LogP contribution < -0.4 is 0 Å². The molecule has 12 heavy (non-hydrogen) atoms. The molecule has 1 amide bonds. The van der Waals surface area contributed by atoms with E-state index in [9.17, 15) is 4.79 Å². The van der Waals surface area contributed by atoms with Crippen LogP contribution in [0, 0.1) is 0 Å². The average molecular weight is 170 g/mol. The molecular weight excluding hydrogens is 152 g/mol. The van der Waals surface area contributed by atoms with Gasteiger partial charge in [0.25, 0.3) is 0 Å². The largest absolute Gasteiger partial charge is 0.340 e. The first-order chi connectivity index (χ1) is 5.34. The van der Waals surface area contributed by atoms with Crippen LogP contribution in [0.1, 0.15) is 20.8 Å². The summed E-state index contributed by atoms with van der Waals surface area (Å²) >= 11 is 0. The smallest absolute Gasteiger partial charge is 0.241 e. The molecule has 3 heteroatoms. The van der Waals surface area contributed by atoms with Gasteiger partial charge >= 0.3 is 0 Å².